The molecular weight excluding hydrogens is 516 g/mol. The van der Waals surface area contributed by atoms with E-state index in [1.54, 1.807) is 37.3 Å². The number of carbonyl (C=O) groups excluding carboxylic acids is 1. The Morgan fingerprint density at radius 1 is 1.11 bits per heavy atom. The van der Waals surface area contributed by atoms with Gasteiger partial charge in [0.2, 0.25) is 5.90 Å². The number of ether oxygens (including phenoxy) is 3. The fourth-order valence-electron chi connectivity index (χ4n) is 3.43. The molecule has 0 saturated heterocycles. The fraction of sp³-hybridized carbons (Fsp3) is 0.154. The monoisotopic (exact) mass is 536 g/mol. The Bertz CT molecular complexity index is 1380. The van der Waals surface area contributed by atoms with Crippen LogP contribution >= 0.6 is 15.9 Å². The maximum atomic E-state index is 12.4. The van der Waals surface area contributed by atoms with Crippen LogP contribution in [0, 0.1) is 24.0 Å². The lowest BCUT2D eigenvalue weighted by Gasteiger charge is -2.14. The number of benzene rings is 3. The van der Waals surface area contributed by atoms with Crippen molar-refractivity contribution < 1.29 is 23.9 Å². The first kappa shape index (κ1) is 24.2. The molecule has 1 heterocycles. The van der Waals surface area contributed by atoms with Gasteiger partial charge in [0.15, 0.2) is 17.2 Å². The Morgan fingerprint density at radius 2 is 1.86 bits per heavy atom. The number of halogens is 1. The Hall–Kier alpha value is -3.98. The molecule has 35 heavy (non-hydrogen) atoms. The highest BCUT2D eigenvalue weighted by atomic mass is 79.9. The summed E-state index contributed by atoms with van der Waals surface area (Å²) >= 11 is 3.52. The van der Waals surface area contributed by atoms with Crippen molar-refractivity contribution in [2.75, 3.05) is 7.11 Å². The van der Waals surface area contributed by atoms with Gasteiger partial charge in [-0.3, -0.25) is 10.1 Å². The molecule has 178 valence electrons. The van der Waals surface area contributed by atoms with E-state index < -0.39 is 10.9 Å². The number of methoxy groups -OCH3 is 1. The second-order valence-corrected chi connectivity index (χ2v) is 8.76. The minimum atomic E-state index is -0.655. The Kier molecular flexibility index (Phi) is 6.97. The molecule has 3 aromatic rings. The first-order valence-corrected chi connectivity index (χ1v) is 11.4. The van der Waals surface area contributed by atoms with Crippen LogP contribution in [-0.2, 0) is 16.1 Å². The molecule has 0 fully saturated rings. The number of aryl methyl sites for hydroxylation is 2. The molecule has 0 unspecified atom stereocenters. The van der Waals surface area contributed by atoms with E-state index in [1.807, 2.05) is 31.2 Å². The molecule has 0 aromatic heterocycles. The molecule has 0 spiro atoms. The van der Waals surface area contributed by atoms with Gasteiger partial charge in [-0.2, -0.15) is 0 Å². The van der Waals surface area contributed by atoms with Crippen LogP contribution in [0.4, 0.5) is 5.69 Å². The zero-order chi connectivity index (χ0) is 25.1. The van der Waals surface area contributed by atoms with Gasteiger partial charge in [0.05, 0.1) is 16.5 Å². The van der Waals surface area contributed by atoms with Gasteiger partial charge in [-0.05, 0) is 65.2 Å². The van der Waals surface area contributed by atoms with Crippen LogP contribution in [0.5, 0.6) is 11.5 Å². The Morgan fingerprint density at radius 3 is 2.54 bits per heavy atom. The highest BCUT2D eigenvalue weighted by molar-refractivity contribution is 9.10. The largest absolute Gasteiger partial charge is 0.493 e. The zero-order valence-electron chi connectivity index (χ0n) is 19.2. The maximum Gasteiger partial charge on any atom is 0.363 e. The summed E-state index contributed by atoms with van der Waals surface area (Å²) in [7, 11) is 1.53. The summed E-state index contributed by atoms with van der Waals surface area (Å²) in [6.45, 7) is 4.02. The quantitative estimate of drug-likeness (QED) is 0.161. The predicted octanol–water partition coefficient (Wildman–Crippen LogP) is 5.91. The van der Waals surface area contributed by atoms with E-state index in [2.05, 4.69) is 20.9 Å². The standard InChI is InChI=1S/C26H21BrN2O6/c1-15-4-7-17(8-5-15)14-34-24-20(27)10-18(12-23(24)33-3)11-21-26(30)35-25(28-21)19-9-6-16(2)22(13-19)29(31)32/h4-13H,14H2,1-3H3/b21-11+. The van der Waals surface area contributed by atoms with Crippen LogP contribution in [0.2, 0.25) is 0 Å². The van der Waals surface area contributed by atoms with Crippen molar-refractivity contribution in [2.45, 2.75) is 20.5 Å². The van der Waals surface area contributed by atoms with Gasteiger partial charge in [0.25, 0.3) is 5.69 Å². The fourth-order valence-corrected chi connectivity index (χ4v) is 4.01. The molecule has 0 aliphatic carbocycles. The van der Waals surface area contributed by atoms with E-state index in [4.69, 9.17) is 14.2 Å². The van der Waals surface area contributed by atoms with Crippen LogP contribution in [0.1, 0.15) is 27.8 Å². The lowest BCUT2D eigenvalue weighted by atomic mass is 10.1. The Balaban J connectivity index is 1.60. The molecule has 3 aromatic carbocycles. The number of nitro groups is 1. The number of hydrogen-bond donors (Lipinski definition) is 0. The molecular formula is C26H21BrN2O6. The van der Waals surface area contributed by atoms with Crippen LogP contribution in [0.25, 0.3) is 6.08 Å². The van der Waals surface area contributed by atoms with E-state index in [1.165, 1.54) is 18.7 Å². The molecule has 0 saturated carbocycles. The van der Waals surface area contributed by atoms with Crippen molar-refractivity contribution in [3.05, 3.63) is 103 Å². The van der Waals surface area contributed by atoms with E-state index >= 15 is 0 Å². The third kappa shape index (κ3) is 5.41. The van der Waals surface area contributed by atoms with Gasteiger partial charge in [0, 0.05) is 17.2 Å². The van der Waals surface area contributed by atoms with Gasteiger partial charge < -0.3 is 14.2 Å². The molecule has 0 amide bonds. The van der Waals surface area contributed by atoms with Crippen molar-refractivity contribution in [1.82, 2.24) is 0 Å². The summed E-state index contributed by atoms with van der Waals surface area (Å²) in [6.07, 6.45) is 1.55. The second kappa shape index (κ2) is 10.1. The normalized spacial score (nSPS) is 14.0. The molecule has 0 atom stereocenters. The number of esters is 1. The van der Waals surface area contributed by atoms with Gasteiger partial charge >= 0.3 is 5.97 Å². The summed E-state index contributed by atoms with van der Waals surface area (Å²) in [4.78, 5) is 27.4. The summed E-state index contributed by atoms with van der Waals surface area (Å²) < 4.78 is 17.4. The van der Waals surface area contributed by atoms with Crippen molar-refractivity contribution in [3.8, 4) is 11.5 Å². The smallest absolute Gasteiger partial charge is 0.363 e. The van der Waals surface area contributed by atoms with Crippen LogP contribution < -0.4 is 9.47 Å². The Labute approximate surface area is 210 Å². The van der Waals surface area contributed by atoms with Crippen LogP contribution in [0.15, 0.2) is 69.8 Å². The number of nitro benzene ring substituents is 1. The number of cyclic esters (lactones) is 1. The molecule has 1 aliphatic rings. The molecule has 1 aliphatic heterocycles. The molecule has 0 radical (unpaired) electrons. The first-order chi connectivity index (χ1) is 16.7. The highest BCUT2D eigenvalue weighted by Crippen LogP contribution is 2.38. The average molecular weight is 537 g/mol. The number of nitrogens with zero attached hydrogens (tertiary/aromatic N) is 2. The topological polar surface area (TPSA) is 100 Å². The predicted molar refractivity (Wildman–Crippen MR) is 135 cm³/mol. The van der Waals surface area contributed by atoms with Crippen molar-refractivity contribution in [3.63, 3.8) is 0 Å². The molecule has 0 bridgehead atoms. The molecule has 4 rings (SSSR count). The summed E-state index contributed by atoms with van der Waals surface area (Å²) in [6, 6.07) is 16.1. The first-order valence-electron chi connectivity index (χ1n) is 10.6. The average Bonchev–Trinajstić information content (AvgIpc) is 3.19. The second-order valence-electron chi connectivity index (χ2n) is 7.90. The summed E-state index contributed by atoms with van der Waals surface area (Å²) in [5, 5.41) is 11.2. The molecule has 9 heteroatoms. The number of carbonyl (C=O) groups is 1. The number of aliphatic imine (C=N–C) groups is 1. The van der Waals surface area contributed by atoms with Crippen molar-refractivity contribution in [2.24, 2.45) is 4.99 Å². The third-order valence-electron chi connectivity index (χ3n) is 5.33. The minimum absolute atomic E-state index is 0.00781. The number of hydrogen-bond acceptors (Lipinski definition) is 7. The van der Waals surface area contributed by atoms with E-state index in [0.717, 1.165) is 5.56 Å². The van der Waals surface area contributed by atoms with Crippen LogP contribution in [-0.4, -0.2) is 23.9 Å². The lowest BCUT2D eigenvalue weighted by Crippen LogP contribution is -2.06. The summed E-state index contributed by atoms with van der Waals surface area (Å²) in [5.41, 5.74) is 3.64. The lowest BCUT2D eigenvalue weighted by molar-refractivity contribution is -0.385. The van der Waals surface area contributed by atoms with Gasteiger partial charge in [-0.25, -0.2) is 9.79 Å². The van der Waals surface area contributed by atoms with Crippen molar-refractivity contribution in [1.29, 1.82) is 0 Å². The maximum absolute atomic E-state index is 12.4. The molecule has 8 nitrogen and oxygen atoms in total. The van der Waals surface area contributed by atoms with Crippen molar-refractivity contribution >= 4 is 39.6 Å². The van der Waals surface area contributed by atoms with Gasteiger partial charge in [0.1, 0.15) is 6.61 Å². The third-order valence-corrected chi connectivity index (χ3v) is 5.92. The van der Waals surface area contributed by atoms with E-state index in [0.29, 0.717) is 39.3 Å². The van der Waals surface area contributed by atoms with E-state index in [9.17, 15) is 14.9 Å². The SMILES string of the molecule is COc1cc(/C=C2/N=C(c3ccc(C)c([N+](=O)[O-])c3)OC2=O)cc(Br)c1OCc1ccc(C)cc1. The number of rotatable bonds is 7. The van der Waals surface area contributed by atoms with E-state index in [-0.39, 0.29) is 17.3 Å². The minimum Gasteiger partial charge on any atom is -0.493 e. The molecule has 0 N–H and O–H groups in total. The van der Waals surface area contributed by atoms with Gasteiger partial charge in [-0.15, -0.1) is 0 Å². The van der Waals surface area contributed by atoms with Crippen LogP contribution in [0.3, 0.4) is 0 Å². The zero-order valence-corrected chi connectivity index (χ0v) is 20.8. The summed E-state index contributed by atoms with van der Waals surface area (Å²) in [5.74, 6) is 0.356. The van der Waals surface area contributed by atoms with Gasteiger partial charge in [-0.1, -0.05) is 35.9 Å². The highest BCUT2D eigenvalue weighted by Gasteiger charge is 2.26.